The summed E-state index contributed by atoms with van der Waals surface area (Å²) in [6.07, 6.45) is 1.83. The Kier molecular flexibility index (Phi) is 5.63. The Bertz CT molecular complexity index is 970. The molecule has 0 amide bonds. The van der Waals surface area contributed by atoms with Gasteiger partial charge in [-0.15, -0.1) is 0 Å². The minimum absolute atomic E-state index is 0.155. The lowest BCUT2D eigenvalue weighted by molar-refractivity contribution is 0.355. The maximum absolute atomic E-state index is 9.00. The molecule has 0 spiro atoms. The van der Waals surface area contributed by atoms with E-state index in [4.69, 9.17) is 25.5 Å². The number of imidazole rings is 1. The molecule has 3 aromatic rings. The molecule has 0 radical (unpaired) electrons. The second-order valence-corrected chi connectivity index (χ2v) is 6.46. The molecule has 2 N–H and O–H groups in total. The van der Waals surface area contributed by atoms with E-state index in [0.29, 0.717) is 23.6 Å². The number of benzene rings is 2. The lowest BCUT2D eigenvalue weighted by atomic mass is 10.1. The van der Waals surface area contributed by atoms with E-state index in [2.05, 4.69) is 17.6 Å². The molecule has 0 bridgehead atoms. The minimum Gasteiger partial charge on any atom is -0.493 e. The zero-order valence-electron chi connectivity index (χ0n) is 15.9. The molecule has 3 rings (SSSR count). The van der Waals surface area contributed by atoms with Crippen molar-refractivity contribution >= 4 is 11.0 Å². The Labute approximate surface area is 159 Å². The number of rotatable bonds is 7. The lowest BCUT2D eigenvalue weighted by Gasteiger charge is -2.15. The van der Waals surface area contributed by atoms with Gasteiger partial charge in [-0.3, -0.25) is 0 Å². The molecular weight excluding hydrogens is 340 g/mol. The molecule has 0 aliphatic carbocycles. The highest BCUT2D eigenvalue weighted by atomic mass is 16.5. The van der Waals surface area contributed by atoms with Gasteiger partial charge in [0.1, 0.15) is 5.82 Å². The van der Waals surface area contributed by atoms with Crippen LogP contribution in [0.25, 0.3) is 11.0 Å². The summed E-state index contributed by atoms with van der Waals surface area (Å²) >= 11 is 0. The highest BCUT2D eigenvalue weighted by Crippen LogP contribution is 2.34. The zero-order valence-corrected chi connectivity index (χ0v) is 15.9. The number of nitrogens with zero attached hydrogens (tertiary/aromatic N) is 3. The van der Waals surface area contributed by atoms with Crippen molar-refractivity contribution in [3.05, 3.63) is 53.3 Å². The Morgan fingerprint density at radius 2 is 1.81 bits per heavy atom. The quantitative estimate of drug-likeness (QED) is 0.689. The van der Waals surface area contributed by atoms with E-state index in [9.17, 15) is 0 Å². The van der Waals surface area contributed by atoms with Crippen LogP contribution in [0.5, 0.6) is 11.5 Å². The molecule has 1 unspecified atom stereocenters. The van der Waals surface area contributed by atoms with Gasteiger partial charge in [0.25, 0.3) is 0 Å². The first-order chi connectivity index (χ1) is 13.1. The third kappa shape index (κ3) is 3.74. The van der Waals surface area contributed by atoms with Gasteiger partial charge in [-0.05, 0) is 24.1 Å². The summed E-state index contributed by atoms with van der Waals surface area (Å²) in [5.74, 6) is 2.14. The molecule has 0 saturated heterocycles. The van der Waals surface area contributed by atoms with E-state index < -0.39 is 0 Å². The molecule has 1 heterocycles. The van der Waals surface area contributed by atoms with Crippen molar-refractivity contribution in [2.24, 2.45) is 5.73 Å². The van der Waals surface area contributed by atoms with Crippen LogP contribution in [0.2, 0.25) is 0 Å². The summed E-state index contributed by atoms with van der Waals surface area (Å²) in [6, 6.07) is 13.4. The smallest absolute Gasteiger partial charge is 0.163 e. The molecule has 0 aliphatic rings. The van der Waals surface area contributed by atoms with Crippen molar-refractivity contribution in [1.29, 1.82) is 5.26 Å². The van der Waals surface area contributed by atoms with Crippen LogP contribution in [-0.2, 0) is 6.54 Å². The second-order valence-electron chi connectivity index (χ2n) is 6.46. The van der Waals surface area contributed by atoms with Crippen molar-refractivity contribution in [3.63, 3.8) is 0 Å². The van der Waals surface area contributed by atoms with Crippen LogP contribution in [0.15, 0.2) is 36.4 Å². The van der Waals surface area contributed by atoms with Crippen LogP contribution in [0.1, 0.15) is 42.8 Å². The van der Waals surface area contributed by atoms with Crippen molar-refractivity contribution < 1.29 is 9.47 Å². The fourth-order valence-electron chi connectivity index (χ4n) is 3.23. The lowest BCUT2D eigenvalue weighted by Crippen LogP contribution is -2.17. The Hall–Kier alpha value is -3.04. The maximum Gasteiger partial charge on any atom is 0.163 e. The minimum atomic E-state index is -0.155. The predicted molar refractivity (Wildman–Crippen MR) is 105 cm³/mol. The fourth-order valence-corrected chi connectivity index (χ4v) is 3.23. The number of nitrogens with two attached hydrogens (primary N) is 1. The SMILES string of the molecule is CCCC(N)c1nc2cc(OC)c(OC)cc2n1Cc1ccc(C#N)cc1. The number of hydrogen-bond donors (Lipinski definition) is 1. The van der Waals surface area contributed by atoms with Gasteiger partial charge in [-0.1, -0.05) is 25.5 Å². The van der Waals surface area contributed by atoms with Gasteiger partial charge >= 0.3 is 0 Å². The molecule has 27 heavy (non-hydrogen) atoms. The molecular formula is C21H24N4O2. The summed E-state index contributed by atoms with van der Waals surface area (Å²) in [5, 5.41) is 9.00. The Morgan fingerprint density at radius 1 is 1.15 bits per heavy atom. The van der Waals surface area contributed by atoms with Crippen molar-refractivity contribution in [3.8, 4) is 17.6 Å². The first kappa shape index (κ1) is 18.7. The summed E-state index contributed by atoms with van der Waals surface area (Å²) in [4.78, 5) is 4.80. The topological polar surface area (TPSA) is 86.1 Å². The highest BCUT2D eigenvalue weighted by Gasteiger charge is 2.19. The van der Waals surface area contributed by atoms with Crippen molar-refractivity contribution in [2.75, 3.05) is 14.2 Å². The standard InChI is InChI=1S/C21H24N4O2/c1-4-5-16(23)21-24-17-10-19(26-2)20(27-3)11-18(17)25(21)13-15-8-6-14(12-22)7-9-15/h6-11,16H,4-5,13,23H2,1-3H3. The van der Waals surface area contributed by atoms with E-state index in [1.54, 1.807) is 14.2 Å². The number of fused-ring (bicyclic) bond motifs is 1. The van der Waals surface area contributed by atoms with E-state index in [0.717, 1.165) is 35.3 Å². The zero-order chi connectivity index (χ0) is 19.4. The Morgan fingerprint density at radius 3 is 2.41 bits per heavy atom. The molecule has 140 valence electrons. The third-order valence-corrected chi connectivity index (χ3v) is 4.64. The molecule has 1 atom stereocenters. The van der Waals surface area contributed by atoms with Crippen LogP contribution >= 0.6 is 0 Å². The van der Waals surface area contributed by atoms with Crippen LogP contribution in [0, 0.1) is 11.3 Å². The van der Waals surface area contributed by atoms with Gasteiger partial charge in [0.15, 0.2) is 11.5 Å². The molecule has 1 aromatic heterocycles. The van der Waals surface area contributed by atoms with Crippen LogP contribution in [-0.4, -0.2) is 23.8 Å². The highest BCUT2D eigenvalue weighted by molar-refractivity contribution is 5.81. The van der Waals surface area contributed by atoms with E-state index in [1.807, 2.05) is 36.4 Å². The molecule has 0 aliphatic heterocycles. The fraction of sp³-hybridized carbons (Fsp3) is 0.333. The summed E-state index contributed by atoms with van der Waals surface area (Å²) < 4.78 is 13.0. The number of nitriles is 1. The van der Waals surface area contributed by atoms with Crippen LogP contribution in [0.4, 0.5) is 0 Å². The van der Waals surface area contributed by atoms with E-state index >= 15 is 0 Å². The van der Waals surface area contributed by atoms with Gasteiger partial charge in [0.05, 0.1) is 42.9 Å². The van der Waals surface area contributed by atoms with Gasteiger partial charge < -0.3 is 19.8 Å². The summed E-state index contributed by atoms with van der Waals surface area (Å²) in [7, 11) is 3.23. The second kappa shape index (κ2) is 8.11. The first-order valence-corrected chi connectivity index (χ1v) is 8.98. The number of aromatic nitrogens is 2. The predicted octanol–water partition coefficient (Wildman–Crippen LogP) is 3.77. The molecule has 2 aromatic carbocycles. The molecule has 0 saturated carbocycles. The molecule has 0 fully saturated rings. The number of hydrogen-bond acceptors (Lipinski definition) is 5. The average Bonchev–Trinajstić information content (AvgIpc) is 3.05. The number of ether oxygens (including phenoxy) is 2. The molecule has 6 nitrogen and oxygen atoms in total. The number of methoxy groups -OCH3 is 2. The summed E-state index contributed by atoms with van der Waals surface area (Å²) in [6.45, 7) is 2.73. The van der Waals surface area contributed by atoms with Gasteiger partial charge in [-0.25, -0.2) is 4.98 Å². The van der Waals surface area contributed by atoms with Gasteiger partial charge in [0.2, 0.25) is 0 Å². The largest absolute Gasteiger partial charge is 0.493 e. The first-order valence-electron chi connectivity index (χ1n) is 8.98. The van der Waals surface area contributed by atoms with Crippen molar-refractivity contribution in [1.82, 2.24) is 9.55 Å². The Balaban J connectivity index is 2.13. The van der Waals surface area contributed by atoms with Crippen LogP contribution in [0.3, 0.4) is 0 Å². The monoisotopic (exact) mass is 364 g/mol. The maximum atomic E-state index is 9.00. The normalized spacial score (nSPS) is 12.0. The van der Waals surface area contributed by atoms with Gasteiger partial charge in [0, 0.05) is 18.7 Å². The summed E-state index contributed by atoms with van der Waals surface area (Å²) in [5.41, 5.74) is 9.91. The van der Waals surface area contributed by atoms with Crippen LogP contribution < -0.4 is 15.2 Å². The third-order valence-electron chi connectivity index (χ3n) is 4.64. The average molecular weight is 364 g/mol. The van der Waals surface area contributed by atoms with E-state index in [-0.39, 0.29) is 6.04 Å². The molecule has 6 heteroatoms. The van der Waals surface area contributed by atoms with Crippen molar-refractivity contribution in [2.45, 2.75) is 32.4 Å². The van der Waals surface area contributed by atoms with E-state index in [1.165, 1.54) is 0 Å². The van der Waals surface area contributed by atoms with Gasteiger partial charge in [-0.2, -0.15) is 5.26 Å².